The number of nitrogens with one attached hydrogen (secondary N) is 2. The number of rotatable bonds is 7. The topological polar surface area (TPSA) is 58.5 Å². The zero-order valence-electron chi connectivity index (χ0n) is 13.1. The molecule has 0 aliphatic carbocycles. The monoisotopic (exact) mass is 446 g/mol. The fraction of sp³-hybridized carbons (Fsp3) is 0.571. The van der Waals surface area contributed by atoms with Crippen LogP contribution in [-0.2, 0) is 6.54 Å². The van der Waals surface area contributed by atoms with Crippen molar-refractivity contribution in [1.82, 2.24) is 15.6 Å². The van der Waals surface area contributed by atoms with Crippen molar-refractivity contribution < 1.29 is 17.9 Å². The minimum absolute atomic E-state index is 0. The van der Waals surface area contributed by atoms with Gasteiger partial charge in [-0.3, -0.25) is 4.99 Å². The first-order chi connectivity index (χ1) is 10.5. The largest absolute Gasteiger partial charge is 0.477 e. The molecule has 0 aliphatic rings. The minimum atomic E-state index is -4.18. The number of pyridine rings is 1. The van der Waals surface area contributed by atoms with Crippen molar-refractivity contribution in [2.45, 2.75) is 32.5 Å². The van der Waals surface area contributed by atoms with Crippen molar-refractivity contribution in [2.75, 3.05) is 20.2 Å². The van der Waals surface area contributed by atoms with E-state index in [0.29, 0.717) is 25.0 Å². The van der Waals surface area contributed by atoms with Crippen LogP contribution in [0.15, 0.2) is 23.3 Å². The number of hydrogen-bond donors (Lipinski definition) is 2. The summed E-state index contributed by atoms with van der Waals surface area (Å²) >= 11 is 0. The molecular formula is C14H22F3IN4O. The van der Waals surface area contributed by atoms with Gasteiger partial charge in [-0.05, 0) is 12.5 Å². The van der Waals surface area contributed by atoms with E-state index in [0.717, 1.165) is 12.0 Å². The summed E-state index contributed by atoms with van der Waals surface area (Å²) in [5.74, 6) is 0.817. The Bertz CT molecular complexity index is 483. The van der Waals surface area contributed by atoms with Crippen LogP contribution in [0.3, 0.4) is 0 Å². The summed E-state index contributed by atoms with van der Waals surface area (Å²) in [5.41, 5.74) is 0.815. The summed E-state index contributed by atoms with van der Waals surface area (Å²) in [6.07, 6.45) is -2.60. The Labute approximate surface area is 151 Å². The van der Waals surface area contributed by atoms with Crippen LogP contribution >= 0.6 is 24.0 Å². The first kappa shape index (κ1) is 21.7. The quantitative estimate of drug-likeness (QED) is 0.384. The number of hydrogen-bond acceptors (Lipinski definition) is 3. The molecule has 1 heterocycles. The molecule has 0 atom stereocenters. The Kier molecular flexibility index (Phi) is 10.7. The molecule has 0 saturated heterocycles. The average molecular weight is 446 g/mol. The molecule has 1 aromatic heterocycles. The summed E-state index contributed by atoms with van der Waals surface area (Å²) in [7, 11) is 1.50. The summed E-state index contributed by atoms with van der Waals surface area (Å²) in [4.78, 5) is 8.02. The Hall–Kier alpha value is -1.26. The fourth-order valence-electron chi connectivity index (χ4n) is 1.61. The maximum Gasteiger partial charge on any atom is 0.390 e. The molecule has 9 heteroatoms. The molecule has 0 fully saturated rings. The second kappa shape index (κ2) is 11.3. The van der Waals surface area contributed by atoms with Gasteiger partial charge in [0.1, 0.15) is 0 Å². The SMILES string of the molecule is CCCOc1ncccc1CNC(=NC)NCCC(F)(F)F.I. The van der Waals surface area contributed by atoms with Crippen molar-refractivity contribution in [2.24, 2.45) is 4.99 Å². The number of aliphatic imine (C=N–C) groups is 1. The first-order valence-electron chi connectivity index (χ1n) is 7.04. The van der Waals surface area contributed by atoms with E-state index in [2.05, 4.69) is 20.6 Å². The van der Waals surface area contributed by atoms with Crippen LogP contribution in [0.25, 0.3) is 0 Å². The first-order valence-corrected chi connectivity index (χ1v) is 7.04. The summed E-state index contributed by atoms with van der Waals surface area (Å²) in [6, 6.07) is 3.61. The summed E-state index contributed by atoms with van der Waals surface area (Å²) in [5, 5.41) is 5.56. The van der Waals surface area contributed by atoms with Crippen LogP contribution in [0, 0.1) is 0 Å². The molecule has 0 saturated carbocycles. The van der Waals surface area contributed by atoms with Gasteiger partial charge in [-0.15, -0.1) is 24.0 Å². The highest BCUT2D eigenvalue weighted by molar-refractivity contribution is 14.0. The van der Waals surface area contributed by atoms with E-state index in [-0.39, 0.29) is 30.5 Å². The van der Waals surface area contributed by atoms with E-state index in [1.165, 1.54) is 7.05 Å². The lowest BCUT2D eigenvalue weighted by atomic mass is 10.2. The van der Waals surface area contributed by atoms with Gasteiger partial charge in [-0.2, -0.15) is 13.2 Å². The van der Waals surface area contributed by atoms with Gasteiger partial charge in [0.05, 0.1) is 13.0 Å². The molecule has 0 unspecified atom stereocenters. The molecule has 0 radical (unpaired) electrons. The van der Waals surface area contributed by atoms with Gasteiger partial charge < -0.3 is 15.4 Å². The third-order valence-corrected chi connectivity index (χ3v) is 2.66. The minimum Gasteiger partial charge on any atom is -0.477 e. The number of ether oxygens (including phenoxy) is 1. The van der Waals surface area contributed by atoms with Gasteiger partial charge in [0.15, 0.2) is 5.96 Å². The highest BCUT2D eigenvalue weighted by Gasteiger charge is 2.26. The van der Waals surface area contributed by atoms with Crippen molar-refractivity contribution in [3.05, 3.63) is 23.9 Å². The maximum atomic E-state index is 12.1. The second-order valence-corrected chi connectivity index (χ2v) is 4.53. The lowest BCUT2D eigenvalue weighted by Crippen LogP contribution is -2.38. The van der Waals surface area contributed by atoms with Crippen LogP contribution in [0.2, 0.25) is 0 Å². The molecule has 0 aliphatic heterocycles. The smallest absolute Gasteiger partial charge is 0.390 e. The van der Waals surface area contributed by atoms with Gasteiger partial charge in [0.25, 0.3) is 0 Å². The summed E-state index contributed by atoms with van der Waals surface area (Å²) in [6.45, 7) is 2.68. The second-order valence-electron chi connectivity index (χ2n) is 4.53. The van der Waals surface area contributed by atoms with Gasteiger partial charge >= 0.3 is 6.18 Å². The maximum absolute atomic E-state index is 12.1. The molecule has 0 amide bonds. The van der Waals surface area contributed by atoms with E-state index in [1.54, 1.807) is 12.3 Å². The molecule has 1 rings (SSSR count). The van der Waals surface area contributed by atoms with Crippen LogP contribution in [0.4, 0.5) is 13.2 Å². The van der Waals surface area contributed by atoms with E-state index in [4.69, 9.17) is 4.74 Å². The van der Waals surface area contributed by atoms with Gasteiger partial charge in [-0.1, -0.05) is 13.0 Å². The Balaban J connectivity index is 0.00000484. The molecule has 1 aromatic rings. The predicted molar refractivity (Wildman–Crippen MR) is 94.3 cm³/mol. The normalized spacial score (nSPS) is 11.6. The number of alkyl halides is 3. The summed E-state index contributed by atoms with van der Waals surface area (Å²) < 4.78 is 41.8. The van der Waals surface area contributed by atoms with Crippen molar-refractivity contribution in [3.63, 3.8) is 0 Å². The molecule has 0 spiro atoms. The van der Waals surface area contributed by atoms with Crippen molar-refractivity contribution >= 4 is 29.9 Å². The van der Waals surface area contributed by atoms with Gasteiger partial charge in [0.2, 0.25) is 5.88 Å². The molecule has 132 valence electrons. The van der Waals surface area contributed by atoms with Gasteiger partial charge in [0, 0.05) is 31.9 Å². The van der Waals surface area contributed by atoms with E-state index in [1.807, 2.05) is 13.0 Å². The molecule has 2 N–H and O–H groups in total. The molecular weight excluding hydrogens is 424 g/mol. The van der Waals surface area contributed by atoms with Crippen LogP contribution < -0.4 is 15.4 Å². The lowest BCUT2D eigenvalue weighted by molar-refractivity contribution is -0.132. The van der Waals surface area contributed by atoms with E-state index >= 15 is 0 Å². The van der Waals surface area contributed by atoms with Crippen molar-refractivity contribution in [3.8, 4) is 5.88 Å². The fourth-order valence-corrected chi connectivity index (χ4v) is 1.61. The van der Waals surface area contributed by atoms with Crippen molar-refractivity contribution in [1.29, 1.82) is 0 Å². The van der Waals surface area contributed by atoms with E-state index in [9.17, 15) is 13.2 Å². The number of nitrogens with zero attached hydrogens (tertiary/aromatic N) is 2. The zero-order chi connectivity index (χ0) is 16.4. The Morgan fingerprint density at radius 1 is 1.35 bits per heavy atom. The molecule has 0 bridgehead atoms. The average Bonchev–Trinajstić information content (AvgIpc) is 2.48. The molecule has 23 heavy (non-hydrogen) atoms. The predicted octanol–water partition coefficient (Wildman–Crippen LogP) is 3.11. The number of aromatic nitrogens is 1. The van der Waals surface area contributed by atoms with Crippen LogP contribution in [0.5, 0.6) is 5.88 Å². The number of halogens is 4. The highest BCUT2D eigenvalue weighted by Crippen LogP contribution is 2.18. The Morgan fingerprint density at radius 2 is 2.09 bits per heavy atom. The number of guanidine groups is 1. The van der Waals surface area contributed by atoms with Crippen LogP contribution in [-0.4, -0.2) is 37.3 Å². The third-order valence-electron chi connectivity index (χ3n) is 2.66. The zero-order valence-corrected chi connectivity index (χ0v) is 15.4. The molecule has 0 aromatic carbocycles. The molecule has 5 nitrogen and oxygen atoms in total. The standard InChI is InChI=1S/C14H21F3N4O.HI/c1-3-9-22-12-11(5-4-7-19-12)10-21-13(18-2)20-8-6-14(15,16)17;/h4-5,7H,3,6,8-10H2,1-2H3,(H2,18,20,21);1H. The van der Waals surface area contributed by atoms with E-state index < -0.39 is 12.6 Å². The van der Waals surface area contributed by atoms with Gasteiger partial charge in [-0.25, -0.2) is 4.98 Å². The third kappa shape index (κ3) is 9.47. The van der Waals surface area contributed by atoms with Crippen LogP contribution in [0.1, 0.15) is 25.3 Å². The Morgan fingerprint density at radius 3 is 2.70 bits per heavy atom. The highest BCUT2D eigenvalue weighted by atomic mass is 127. The lowest BCUT2D eigenvalue weighted by Gasteiger charge is -2.14.